The summed E-state index contributed by atoms with van der Waals surface area (Å²) < 4.78 is 18.2. The minimum absolute atomic E-state index is 0.0333. The molecule has 0 spiro atoms. The van der Waals surface area contributed by atoms with E-state index < -0.39 is 17.3 Å². The molecule has 5 nitrogen and oxygen atoms in total. The van der Waals surface area contributed by atoms with Crippen LogP contribution < -0.4 is 10.1 Å². The molecule has 6 heteroatoms. The van der Waals surface area contributed by atoms with Crippen molar-refractivity contribution in [3.63, 3.8) is 0 Å². The Morgan fingerprint density at radius 1 is 1.33 bits per heavy atom. The van der Waals surface area contributed by atoms with Crippen LogP contribution >= 0.6 is 0 Å². The van der Waals surface area contributed by atoms with Crippen molar-refractivity contribution in [3.8, 4) is 5.75 Å². The summed E-state index contributed by atoms with van der Waals surface area (Å²) in [5.74, 6) is -1.42. The number of amides is 1. The normalized spacial score (nSPS) is 16.4. The van der Waals surface area contributed by atoms with Crippen LogP contribution in [0.4, 0.5) is 4.39 Å². The molecule has 1 saturated carbocycles. The summed E-state index contributed by atoms with van der Waals surface area (Å²) in [6, 6.07) is 5.64. The predicted molar refractivity (Wildman–Crippen MR) is 73.5 cm³/mol. The van der Waals surface area contributed by atoms with E-state index in [9.17, 15) is 19.1 Å². The molecule has 114 valence electrons. The Morgan fingerprint density at radius 2 is 2.05 bits per heavy atom. The summed E-state index contributed by atoms with van der Waals surface area (Å²) in [5.41, 5.74) is -1.13. The topological polar surface area (TPSA) is 75.6 Å². The number of halogens is 1. The molecule has 0 saturated heterocycles. The predicted octanol–water partition coefficient (Wildman–Crippen LogP) is 2.11. The third kappa shape index (κ3) is 3.93. The summed E-state index contributed by atoms with van der Waals surface area (Å²) >= 11 is 0. The van der Waals surface area contributed by atoms with E-state index in [0.29, 0.717) is 18.6 Å². The van der Waals surface area contributed by atoms with Gasteiger partial charge in [-0.15, -0.1) is 0 Å². The van der Waals surface area contributed by atoms with Crippen molar-refractivity contribution in [3.05, 3.63) is 30.1 Å². The second kappa shape index (κ2) is 6.56. The molecular weight excluding hydrogens is 277 g/mol. The van der Waals surface area contributed by atoms with Crippen molar-refractivity contribution in [2.75, 3.05) is 6.61 Å². The van der Waals surface area contributed by atoms with Crippen LogP contribution in [-0.2, 0) is 9.59 Å². The standard InChI is InChI=1S/C15H18FNO4/c16-11-4-3-5-12(10-11)21-9-6-13(18)17-15(14(19)20)7-1-2-8-15/h3-5,10H,1-2,6-9H2,(H,17,18)(H,19,20). The first kappa shape index (κ1) is 15.3. The molecule has 1 fully saturated rings. The lowest BCUT2D eigenvalue weighted by atomic mass is 9.97. The molecule has 1 amide bonds. The molecule has 0 atom stereocenters. The van der Waals surface area contributed by atoms with Crippen LogP contribution in [0, 0.1) is 5.82 Å². The number of aliphatic carboxylic acids is 1. The van der Waals surface area contributed by atoms with Gasteiger partial charge in [0, 0.05) is 6.07 Å². The SMILES string of the molecule is O=C(CCOc1cccc(F)c1)NC1(C(=O)O)CCCC1. The second-order valence-corrected chi connectivity index (χ2v) is 5.20. The Bertz CT molecular complexity index is 526. The molecular formula is C15H18FNO4. The molecule has 2 N–H and O–H groups in total. The van der Waals surface area contributed by atoms with Crippen LogP contribution in [-0.4, -0.2) is 29.1 Å². The van der Waals surface area contributed by atoms with Gasteiger partial charge in [0.25, 0.3) is 0 Å². The number of benzene rings is 1. The average molecular weight is 295 g/mol. The molecule has 1 aliphatic carbocycles. The van der Waals surface area contributed by atoms with Crippen LogP contribution in [0.5, 0.6) is 5.75 Å². The largest absolute Gasteiger partial charge is 0.493 e. The number of hydrogen-bond acceptors (Lipinski definition) is 3. The van der Waals surface area contributed by atoms with Gasteiger partial charge < -0.3 is 15.2 Å². The minimum atomic E-state index is -1.13. The molecule has 1 aromatic rings. The monoisotopic (exact) mass is 295 g/mol. The lowest BCUT2D eigenvalue weighted by Gasteiger charge is -2.25. The maximum atomic E-state index is 12.9. The van der Waals surface area contributed by atoms with Crippen LogP contribution in [0.2, 0.25) is 0 Å². The summed E-state index contributed by atoms with van der Waals surface area (Å²) in [6.07, 6.45) is 2.54. The van der Waals surface area contributed by atoms with E-state index in [-0.39, 0.29) is 18.9 Å². The van der Waals surface area contributed by atoms with Gasteiger partial charge >= 0.3 is 5.97 Å². The number of carboxylic acids is 1. The highest BCUT2D eigenvalue weighted by Crippen LogP contribution is 2.29. The van der Waals surface area contributed by atoms with Gasteiger partial charge in [-0.25, -0.2) is 9.18 Å². The molecule has 1 aromatic carbocycles. The molecule has 0 radical (unpaired) electrons. The highest BCUT2D eigenvalue weighted by atomic mass is 19.1. The minimum Gasteiger partial charge on any atom is -0.493 e. The van der Waals surface area contributed by atoms with E-state index in [2.05, 4.69) is 5.32 Å². The number of hydrogen-bond donors (Lipinski definition) is 2. The van der Waals surface area contributed by atoms with Crippen LogP contribution in [0.15, 0.2) is 24.3 Å². The molecule has 0 heterocycles. The van der Waals surface area contributed by atoms with Crippen LogP contribution in [0.25, 0.3) is 0 Å². The van der Waals surface area contributed by atoms with Gasteiger partial charge in [0.05, 0.1) is 13.0 Å². The fourth-order valence-corrected chi connectivity index (χ4v) is 2.52. The number of nitrogens with one attached hydrogen (secondary N) is 1. The van der Waals surface area contributed by atoms with Crippen molar-refractivity contribution >= 4 is 11.9 Å². The second-order valence-electron chi connectivity index (χ2n) is 5.20. The molecule has 0 aromatic heterocycles. The number of carboxylic acid groups (broad SMARTS) is 1. The fourth-order valence-electron chi connectivity index (χ4n) is 2.52. The lowest BCUT2D eigenvalue weighted by Crippen LogP contribution is -2.52. The lowest BCUT2D eigenvalue weighted by molar-refractivity contribution is -0.147. The zero-order valence-corrected chi connectivity index (χ0v) is 11.6. The van der Waals surface area contributed by atoms with Gasteiger partial charge in [0.1, 0.15) is 17.1 Å². The van der Waals surface area contributed by atoms with E-state index in [4.69, 9.17) is 4.74 Å². The maximum absolute atomic E-state index is 12.9. The van der Waals surface area contributed by atoms with Gasteiger partial charge in [-0.2, -0.15) is 0 Å². The number of ether oxygens (including phenoxy) is 1. The highest BCUT2D eigenvalue weighted by molar-refractivity contribution is 5.87. The summed E-state index contributed by atoms with van der Waals surface area (Å²) in [4.78, 5) is 23.1. The Kier molecular flexibility index (Phi) is 4.77. The zero-order chi connectivity index (χ0) is 15.3. The van der Waals surface area contributed by atoms with Crippen molar-refractivity contribution in [2.24, 2.45) is 0 Å². The van der Waals surface area contributed by atoms with Crippen molar-refractivity contribution < 1.29 is 23.8 Å². The Balaban J connectivity index is 1.81. The van der Waals surface area contributed by atoms with Crippen molar-refractivity contribution in [1.29, 1.82) is 0 Å². The van der Waals surface area contributed by atoms with E-state index in [1.807, 2.05) is 0 Å². The first-order valence-electron chi connectivity index (χ1n) is 6.95. The molecule has 2 rings (SSSR count). The smallest absolute Gasteiger partial charge is 0.329 e. The first-order chi connectivity index (χ1) is 10.0. The molecule has 0 bridgehead atoms. The number of carbonyl (C=O) groups excluding carboxylic acids is 1. The first-order valence-corrected chi connectivity index (χ1v) is 6.95. The molecule has 0 aliphatic heterocycles. The number of carbonyl (C=O) groups is 2. The summed E-state index contributed by atoms with van der Waals surface area (Å²) in [7, 11) is 0. The molecule has 1 aliphatic rings. The fraction of sp³-hybridized carbons (Fsp3) is 0.467. The van der Waals surface area contributed by atoms with E-state index in [0.717, 1.165) is 12.8 Å². The zero-order valence-electron chi connectivity index (χ0n) is 11.6. The van der Waals surface area contributed by atoms with Gasteiger partial charge in [-0.3, -0.25) is 4.79 Å². The van der Waals surface area contributed by atoms with Crippen LogP contribution in [0.3, 0.4) is 0 Å². The van der Waals surface area contributed by atoms with Gasteiger partial charge in [-0.05, 0) is 25.0 Å². The Morgan fingerprint density at radius 3 is 2.67 bits per heavy atom. The van der Waals surface area contributed by atoms with Gasteiger partial charge in [0.2, 0.25) is 5.91 Å². The van der Waals surface area contributed by atoms with Crippen molar-refractivity contribution in [2.45, 2.75) is 37.6 Å². The quantitative estimate of drug-likeness (QED) is 0.843. The van der Waals surface area contributed by atoms with Crippen molar-refractivity contribution in [1.82, 2.24) is 5.32 Å². The van der Waals surface area contributed by atoms with Gasteiger partial charge in [-0.1, -0.05) is 18.9 Å². The third-order valence-corrected chi connectivity index (χ3v) is 3.64. The Labute approximate surface area is 122 Å². The maximum Gasteiger partial charge on any atom is 0.329 e. The third-order valence-electron chi connectivity index (χ3n) is 3.64. The Hall–Kier alpha value is -2.11. The number of rotatable bonds is 6. The van der Waals surface area contributed by atoms with E-state index in [1.165, 1.54) is 18.2 Å². The van der Waals surface area contributed by atoms with Gasteiger partial charge in [0.15, 0.2) is 0 Å². The highest BCUT2D eigenvalue weighted by Gasteiger charge is 2.42. The summed E-state index contributed by atoms with van der Waals surface area (Å²) in [6.45, 7) is 0.0744. The summed E-state index contributed by atoms with van der Waals surface area (Å²) in [5, 5.41) is 11.9. The van der Waals surface area contributed by atoms with Crippen LogP contribution in [0.1, 0.15) is 32.1 Å². The van der Waals surface area contributed by atoms with E-state index in [1.54, 1.807) is 6.07 Å². The molecule has 0 unspecified atom stereocenters. The van der Waals surface area contributed by atoms with E-state index >= 15 is 0 Å². The molecule has 21 heavy (non-hydrogen) atoms. The average Bonchev–Trinajstić information content (AvgIpc) is 2.88.